The summed E-state index contributed by atoms with van der Waals surface area (Å²) in [6.07, 6.45) is 0. The van der Waals surface area contributed by atoms with Crippen molar-refractivity contribution in [2.24, 2.45) is 0 Å². The number of halogens is 1. The standard InChI is InChI=1S/C25H22FNO/c1-16(2)19-9-14-23-22(15-19)25(28)17(3)24(18-7-5-4-6-8-18)27(23)21-12-10-20(26)11-13-21/h4-16H,1-3H3. The molecule has 0 amide bonds. The summed E-state index contributed by atoms with van der Waals surface area (Å²) in [5.41, 5.74) is 5.29. The number of aromatic nitrogens is 1. The highest BCUT2D eigenvalue weighted by Crippen LogP contribution is 2.31. The third-order valence-electron chi connectivity index (χ3n) is 5.22. The lowest BCUT2D eigenvalue weighted by atomic mass is 9.97. The fourth-order valence-corrected chi connectivity index (χ4v) is 3.69. The Kier molecular flexibility index (Phi) is 4.60. The number of fused-ring (bicyclic) bond motifs is 1. The Morgan fingerprint density at radius 1 is 0.893 bits per heavy atom. The summed E-state index contributed by atoms with van der Waals surface area (Å²) in [5, 5.41) is 0.688. The van der Waals surface area contributed by atoms with E-state index in [1.807, 2.05) is 49.4 Å². The van der Waals surface area contributed by atoms with Crippen LogP contribution in [-0.2, 0) is 0 Å². The van der Waals surface area contributed by atoms with Gasteiger partial charge in [0.1, 0.15) is 5.82 Å². The van der Waals surface area contributed by atoms with E-state index in [1.165, 1.54) is 12.1 Å². The Labute approximate surface area is 163 Å². The summed E-state index contributed by atoms with van der Waals surface area (Å²) in [6.45, 7) is 6.10. The zero-order valence-electron chi connectivity index (χ0n) is 16.2. The first-order chi connectivity index (χ1) is 13.5. The molecule has 28 heavy (non-hydrogen) atoms. The minimum Gasteiger partial charge on any atom is -0.309 e. The van der Waals surface area contributed by atoms with Crippen LogP contribution in [0, 0.1) is 12.7 Å². The molecule has 4 aromatic rings. The highest BCUT2D eigenvalue weighted by Gasteiger charge is 2.17. The molecular formula is C25H22FNO. The molecule has 2 nitrogen and oxygen atoms in total. The van der Waals surface area contributed by atoms with Crippen molar-refractivity contribution in [1.29, 1.82) is 0 Å². The molecular weight excluding hydrogens is 349 g/mol. The Bertz CT molecular complexity index is 1210. The lowest BCUT2D eigenvalue weighted by Crippen LogP contribution is -2.16. The second-order valence-corrected chi connectivity index (χ2v) is 7.41. The van der Waals surface area contributed by atoms with Gasteiger partial charge in [-0.3, -0.25) is 4.79 Å². The maximum Gasteiger partial charge on any atom is 0.192 e. The molecule has 0 radical (unpaired) electrons. The largest absolute Gasteiger partial charge is 0.309 e. The van der Waals surface area contributed by atoms with Gasteiger partial charge < -0.3 is 4.57 Å². The van der Waals surface area contributed by atoms with E-state index >= 15 is 0 Å². The molecule has 0 atom stereocenters. The van der Waals surface area contributed by atoms with Gasteiger partial charge in [-0.05, 0) is 60.4 Å². The molecule has 0 saturated heterocycles. The van der Waals surface area contributed by atoms with E-state index in [-0.39, 0.29) is 11.2 Å². The van der Waals surface area contributed by atoms with Gasteiger partial charge >= 0.3 is 0 Å². The summed E-state index contributed by atoms with van der Waals surface area (Å²) >= 11 is 0. The second-order valence-electron chi connectivity index (χ2n) is 7.41. The zero-order chi connectivity index (χ0) is 19.8. The van der Waals surface area contributed by atoms with Gasteiger partial charge in [0.2, 0.25) is 0 Å². The van der Waals surface area contributed by atoms with Crippen molar-refractivity contribution in [2.75, 3.05) is 0 Å². The van der Waals surface area contributed by atoms with Crippen molar-refractivity contribution in [3.63, 3.8) is 0 Å². The van der Waals surface area contributed by atoms with Gasteiger partial charge in [0.15, 0.2) is 5.43 Å². The van der Waals surface area contributed by atoms with E-state index in [9.17, 15) is 9.18 Å². The van der Waals surface area contributed by atoms with E-state index in [4.69, 9.17) is 0 Å². The third-order valence-corrected chi connectivity index (χ3v) is 5.22. The van der Waals surface area contributed by atoms with E-state index in [1.54, 1.807) is 12.1 Å². The number of pyridine rings is 1. The molecule has 0 aliphatic rings. The molecule has 3 aromatic carbocycles. The first kappa shape index (κ1) is 18.2. The molecule has 0 saturated carbocycles. The topological polar surface area (TPSA) is 22.0 Å². The van der Waals surface area contributed by atoms with Crippen molar-refractivity contribution >= 4 is 10.9 Å². The smallest absolute Gasteiger partial charge is 0.192 e. The van der Waals surface area contributed by atoms with Crippen LogP contribution >= 0.6 is 0 Å². The van der Waals surface area contributed by atoms with Crippen LogP contribution in [0.2, 0.25) is 0 Å². The van der Waals surface area contributed by atoms with Crippen LogP contribution in [-0.4, -0.2) is 4.57 Å². The maximum atomic E-state index is 13.6. The molecule has 1 heterocycles. The number of rotatable bonds is 3. The van der Waals surface area contributed by atoms with Gasteiger partial charge in [-0.25, -0.2) is 4.39 Å². The van der Waals surface area contributed by atoms with Crippen LogP contribution in [0.4, 0.5) is 4.39 Å². The zero-order valence-corrected chi connectivity index (χ0v) is 16.2. The van der Waals surface area contributed by atoms with Gasteiger partial charge in [0, 0.05) is 16.6 Å². The highest BCUT2D eigenvalue weighted by atomic mass is 19.1. The Balaban J connectivity index is 2.17. The molecule has 0 spiro atoms. The lowest BCUT2D eigenvalue weighted by Gasteiger charge is -2.20. The van der Waals surface area contributed by atoms with Crippen molar-refractivity contribution < 1.29 is 4.39 Å². The van der Waals surface area contributed by atoms with Crippen LogP contribution in [0.5, 0.6) is 0 Å². The predicted octanol–water partition coefficient (Wildman–Crippen LogP) is 6.23. The monoisotopic (exact) mass is 371 g/mol. The van der Waals surface area contributed by atoms with Crippen LogP contribution < -0.4 is 5.43 Å². The van der Waals surface area contributed by atoms with Crippen molar-refractivity contribution in [2.45, 2.75) is 26.7 Å². The molecule has 0 N–H and O–H groups in total. The van der Waals surface area contributed by atoms with Gasteiger partial charge in [0.25, 0.3) is 0 Å². The summed E-state index contributed by atoms with van der Waals surface area (Å²) in [6, 6.07) is 22.3. The molecule has 4 rings (SSSR count). The number of nitrogens with zero attached hydrogens (tertiary/aromatic N) is 1. The minimum absolute atomic E-state index is 0.0368. The molecule has 3 heteroatoms. The van der Waals surface area contributed by atoms with Crippen LogP contribution in [0.15, 0.2) is 77.6 Å². The van der Waals surface area contributed by atoms with E-state index in [0.717, 1.165) is 28.0 Å². The van der Waals surface area contributed by atoms with Crippen molar-refractivity contribution in [3.05, 3.63) is 100.0 Å². The highest BCUT2D eigenvalue weighted by molar-refractivity contribution is 5.87. The SMILES string of the molecule is Cc1c(-c2ccccc2)n(-c2ccc(F)cc2)c2ccc(C(C)C)cc2c1=O. The second kappa shape index (κ2) is 7.08. The van der Waals surface area contributed by atoms with Gasteiger partial charge in [-0.1, -0.05) is 50.2 Å². The van der Waals surface area contributed by atoms with Gasteiger partial charge in [-0.15, -0.1) is 0 Å². The molecule has 140 valence electrons. The summed E-state index contributed by atoms with van der Waals surface area (Å²) in [4.78, 5) is 13.3. The fourth-order valence-electron chi connectivity index (χ4n) is 3.69. The first-order valence-corrected chi connectivity index (χ1v) is 9.48. The maximum absolute atomic E-state index is 13.6. The Morgan fingerprint density at radius 2 is 1.57 bits per heavy atom. The van der Waals surface area contributed by atoms with Crippen LogP contribution in [0.3, 0.4) is 0 Å². The minimum atomic E-state index is -0.283. The number of hydrogen-bond acceptors (Lipinski definition) is 1. The van der Waals surface area contributed by atoms with Crippen LogP contribution in [0.25, 0.3) is 27.8 Å². The van der Waals surface area contributed by atoms with Gasteiger partial charge in [-0.2, -0.15) is 0 Å². The molecule has 0 aliphatic carbocycles. The molecule has 1 aromatic heterocycles. The average molecular weight is 371 g/mol. The fraction of sp³-hybridized carbons (Fsp3) is 0.160. The molecule has 0 bridgehead atoms. The molecule has 0 unspecified atom stereocenters. The van der Waals surface area contributed by atoms with Crippen molar-refractivity contribution in [3.8, 4) is 16.9 Å². The Morgan fingerprint density at radius 3 is 2.21 bits per heavy atom. The van der Waals surface area contributed by atoms with Crippen molar-refractivity contribution in [1.82, 2.24) is 4.57 Å². The van der Waals surface area contributed by atoms with Crippen LogP contribution in [0.1, 0.15) is 30.9 Å². The van der Waals surface area contributed by atoms with E-state index < -0.39 is 0 Å². The number of benzene rings is 3. The average Bonchev–Trinajstić information content (AvgIpc) is 2.71. The molecule has 0 fully saturated rings. The first-order valence-electron chi connectivity index (χ1n) is 9.48. The third kappa shape index (κ3) is 3.03. The summed E-state index contributed by atoms with van der Waals surface area (Å²) in [7, 11) is 0. The summed E-state index contributed by atoms with van der Waals surface area (Å²) in [5.74, 6) is 0.0476. The number of hydrogen-bond donors (Lipinski definition) is 0. The predicted molar refractivity (Wildman–Crippen MR) is 114 cm³/mol. The normalized spacial score (nSPS) is 11.3. The van der Waals surface area contributed by atoms with E-state index in [0.29, 0.717) is 16.9 Å². The summed E-state index contributed by atoms with van der Waals surface area (Å²) < 4.78 is 15.6. The Hall–Kier alpha value is -3.20. The van der Waals surface area contributed by atoms with Gasteiger partial charge in [0.05, 0.1) is 11.2 Å². The molecule has 0 aliphatic heterocycles. The quantitative estimate of drug-likeness (QED) is 0.418. The van der Waals surface area contributed by atoms with E-state index in [2.05, 4.69) is 24.5 Å². The lowest BCUT2D eigenvalue weighted by molar-refractivity contribution is 0.627.